The van der Waals surface area contributed by atoms with Crippen LogP contribution in [0.25, 0.3) is 0 Å². The summed E-state index contributed by atoms with van der Waals surface area (Å²) in [6, 6.07) is 7.43. The van der Waals surface area contributed by atoms with E-state index in [1.165, 1.54) is 0 Å². The van der Waals surface area contributed by atoms with Crippen LogP contribution in [-0.4, -0.2) is 41.4 Å². The van der Waals surface area contributed by atoms with Crippen molar-refractivity contribution in [3.63, 3.8) is 0 Å². The van der Waals surface area contributed by atoms with Gasteiger partial charge < -0.3 is 10.2 Å². The Bertz CT molecular complexity index is 768. The number of rotatable bonds is 3. The number of nitrogens with one attached hydrogen (secondary N) is 1. The monoisotopic (exact) mass is 369 g/mol. The van der Waals surface area contributed by atoms with Gasteiger partial charge in [-0.3, -0.25) is 14.5 Å². The summed E-state index contributed by atoms with van der Waals surface area (Å²) in [7, 11) is 0. The number of fused-ring (bicyclic) bond motifs is 1. The third-order valence-corrected chi connectivity index (χ3v) is 6.49. The number of hydrogen-bond acceptors (Lipinski definition) is 3. The summed E-state index contributed by atoms with van der Waals surface area (Å²) in [6.45, 7) is 2.61. The second kappa shape index (κ2) is 6.98. The fraction of sp³-hybridized carbons (Fsp3) is 0.571. The smallest absolute Gasteiger partial charge is 0.323 e. The van der Waals surface area contributed by atoms with Crippen molar-refractivity contribution in [2.24, 2.45) is 5.92 Å². The molecule has 0 bridgehead atoms. The molecule has 4 rings (SSSR count). The van der Waals surface area contributed by atoms with Gasteiger partial charge in [0, 0.05) is 12.2 Å². The summed E-state index contributed by atoms with van der Waals surface area (Å²) in [6.07, 6.45) is 6.19. The Morgan fingerprint density at radius 1 is 1.22 bits per heavy atom. The van der Waals surface area contributed by atoms with Crippen molar-refractivity contribution in [3.05, 3.63) is 29.8 Å². The largest absolute Gasteiger partial charge is 0.325 e. The first-order chi connectivity index (χ1) is 13.0. The third kappa shape index (κ3) is 3.11. The average Bonchev–Trinajstić information content (AvgIpc) is 2.92. The van der Waals surface area contributed by atoms with Gasteiger partial charge in [-0.1, -0.05) is 31.5 Å². The van der Waals surface area contributed by atoms with Crippen molar-refractivity contribution in [2.45, 2.75) is 57.4 Å². The van der Waals surface area contributed by atoms with Crippen molar-refractivity contribution in [1.82, 2.24) is 10.2 Å². The Hall–Kier alpha value is -2.37. The molecule has 2 aliphatic heterocycles. The van der Waals surface area contributed by atoms with Crippen LogP contribution in [0.5, 0.6) is 0 Å². The summed E-state index contributed by atoms with van der Waals surface area (Å²) < 4.78 is 0. The molecule has 0 unspecified atom stereocenters. The maximum absolute atomic E-state index is 13.0. The molecule has 144 valence electrons. The van der Waals surface area contributed by atoms with E-state index in [0.29, 0.717) is 25.3 Å². The highest BCUT2D eigenvalue weighted by Crippen LogP contribution is 2.37. The summed E-state index contributed by atoms with van der Waals surface area (Å²) in [5.74, 6) is 0.214. The standard InChI is InChI=1S/C21H27N3O3/c1-2-15-9-11-21(12-10-15)19(26)24(20(27)22-21)14-18(25)23-13-5-7-16-6-3-4-8-17(16)23/h3-4,6,8,15H,2,5,7,9-14H2,1H3,(H,22,27). The first kappa shape index (κ1) is 18.0. The van der Waals surface area contributed by atoms with E-state index in [2.05, 4.69) is 12.2 Å². The van der Waals surface area contributed by atoms with E-state index in [1.807, 2.05) is 24.3 Å². The first-order valence-corrected chi connectivity index (χ1v) is 10.1. The highest BCUT2D eigenvalue weighted by molar-refractivity contribution is 6.10. The number of carbonyl (C=O) groups is 3. The maximum atomic E-state index is 13.0. The summed E-state index contributed by atoms with van der Waals surface area (Å²) in [5, 5.41) is 2.91. The minimum atomic E-state index is -0.789. The Balaban J connectivity index is 1.48. The van der Waals surface area contributed by atoms with Gasteiger partial charge in [0.1, 0.15) is 12.1 Å². The van der Waals surface area contributed by atoms with Crippen molar-refractivity contribution < 1.29 is 14.4 Å². The molecule has 4 amide bonds. The molecule has 27 heavy (non-hydrogen) atoms. The Morgan fingerprint density at radius 3 is 2.70 bits per heavy atom. The zero-order valence-electron chi connectivity index (χ0n) is 15.9. The molecule has 2 fully saturated rings. The molecule has 1 aliphatic carbocycles. The Kier molecular flexibility index (Phi) is 4.66. The van der Waals surface area contributed by atoms with Crippen LogP contribution in [-0.2, 0) is 16.0 Å². The molecule has 1 saturated carbocycles. The fourth-order valence-corrected chi connectivity index (χ4v) is 4.75. The number of nitrogens with zero attached hydrogens (tertiary/aromatic N) is 2. The van der Waals surface area contributed by atoms with E-state index in [-0.39, 0.29) is 18.4 Å². The number of amides is 4. The van der Waals surface area contributed by atoms with E-state index >= 15 is 0 Å². The van der Waals surface area contributed by atoms with E-state index in [9.17, 15) is 14.4 Å². The van der Waals surface area contributed by atoms with Crippen LogP contribution in [0.2, 0.25) is 0 Å². The molecule has 1 aromatic carbocycles. The molecule has 2 heterocycles. The number of imide groups is 1. The number of anilines is 1. The van der Waals surface area contributed by atoms with Crippen molar-refractivity contribution in [1.29, 1.82) is 0 Å². The van der Waals surface area contributed by atoms with Crippen LogP contribution in [0, 0.1) is 5.92 Å². The van der Waals surface area contributed by atoms with Gasteiger partial charge in [0.25, 0.3) is 5.91 Å². The number of urea groups is 1. The summed E-state index contributed by atoms with van der Waals surface area (Å²) in [4.78, 5) is 41.3. The fourth-order valence-electron chi connectivity index (χ4n) is 4.75. The molecule has 6 heteroatoms. The summed E-state index contributed by atoms with van der Waals surface area (Å²) >= 11 is 0. The van der Waals surface area contributed by atoms with Crippen molar-refractivity contribution >= 4 is 23.5 Å². The lowest BCUT2D eigenvalue weighted by molar-refractivity contribution is -0.135. The van der Waals surface area contributed by atoms with Crippen LogP contribution >= 0.6 is 0 Å². The lowest BCUT2D eigenvalue weighted by Gasteiger charge is -2.34. The Morgan fingerprint density at radius 2 is 1.96 bits per heavy atom. The topological polar surface area (TPSA) is 69.7 Å². The zero-order valence-corrected chi connectivity index (χ0v) is 15.9. The second-order valence-electron chi connectivity index (χ2n) is 8.03. The normalized spacial score (nSPS) is 27.7. The van der Waals surface area contributed by atoms with E-state index in [4.69, 9.17) is 0 Å². The van der Waals surface area contributed by atoms with Gasteiger partial charge in [0.05, 0.1) is 0 Å². The van der Waals surface area contributed by atoms with Gasteiger partial charge in [-0.2, -0.15) is 0 Å². The molecular formula is C21H27N3O3. The van der Waals surface area contributed by atoms with E-state index < -0.39 is 11.6 Å². The Labute approximate surface area is 159 Å². The molecule has 0 aromatic heterocycles. The highest BCUT2D eigenvalue weighted by atomic mass is 16.2. The lowest BCUT2D eigenvalue weighted by atomic mass is 9.75. The predicted octanol–water partition coefficient (Wildman–Crippen LogP) is 2.86. The first-order valence-electron chi connectivity index (χ1n) is 10.1. The number of carbonyl (C=O) groups excluding carboxylic acids is 3. The average molecular weight is 369 g/mol. The zero-order chi connectivity index (χ0) is 19.0. The van der Waals surface area contributed by atoms with Crippen molar-refractivity contribution in [2.75, 3.05) is 18.0 Å². The molecule has 1 N–H and O–H groups in total. The second-order valence-corrected chi connectivity index (χ2v) is 8.03. The van der Waals surface area contributed by atoms with E-state index in [0.717, 1.165) is 48.3 Å². The molecule has 3 aliphatic rings. The van der Waals surface area contributed by atoms with Crippen LogP contribution in [0.1, 0.15) is 51.0 Å². The highest BCUT2D eigenvalue weighted by Gasteiger charge is 2.52. The molecule has 1 spiro atoms. The van der Waals surface area contributed by atoms with Crippen LogP contribution < -0.4 is 10.2 Å². The number of para-hydroxylation sites is 1. The number of benzene rings is 1. The predicted molar refractivity (Wildman–Crippen MR) is 102 cm³/mol. The molecule has 1 saturated heterocycles. The molecule has 6 nitrogen and oxygen atoms in total. The van der Waals surface area contributed by atoms with Crippen LogP contribution in [0.15, 0.2) is 24.3 Å². The van der Waals surface area contributed by atoms with Gasteiger partial charge >= 0.3 is 6.03 Å². The molecule has 1 aromatic rings. The van der Waals surface area contributed by atoms with Crippen LogP contribution in [0.3, 0.4) is 0 Å². The maximum Gasteiger partial charge on any atom is 0.325 e. The lowest BCUT2D eigenvalue weighted by Crippen LogP contribution is -2.50. The van der Waals surface area contributed by atoms with Gasteiger partial charge in [0.2, 0.25) is 5.91 Å². The number of hydrogen-bond donors (Lipinski definition) is 1. The SMILES string of the molecule is CCC1CCC2(CC1)NC(=O)N(CC(=O)N1CCCc3ccccc31)C2=O. The molecule has 0 atom stereocenters. The van der Waals surface area contributed by atoms with Gasteiger partial charge in [0.15, 0.2) is 0 Å². The molecular weight excluding hydrogens is 342 g/mol. The molecule has 0 radical (unpaired) electrons. The number of aryl methyl sites for hydroxylation is 1. The third-order valence-electron chi connectivity index (χ3n) is 6.49. The van der Waals surface area contributed by atoms with Gasteiger partial charge in [-0.05, 0) is 56.1 Å². The van der Waals surface area contributed by atoms with Gasteiger partial charge in [-0.25, -0.2) is 4.79 Å². The minimum absolute atomic E-state index is 0.183. The van der Waals surface area contributed by atoms with Crippen LogP contribution in [0.4, 0.5) is 10.5 Å². The van der Waals surface area contributed by atoms with Gasteiger partial charge in [-0.15, -0.1) is 0 Å². The quantitative estimate of drug-likeness (QED) is 0.833. The van der Waals surface area contributed by atoms with E-state index in [1.54, 1.807) is 4.90 Å². The van der Waals surface area contributed by atoms with Crippen molar-refractivity contribution in [3.8, 4) is 0 Å². The summed E-state index contributed by atoms with van der Waals surface area (Å²) in [5.41, 5.74) is 1.26. The minimum Gasteiger partial charge on any atom is -0.323 e.